The van der Waals surface area contributed by atoms with Gasteiger partial charge in [-0.3, -0.25) is 0 Å². The van der Waals surface area contributed by atoms with Gasteiger partial charge in [-0.25, -0.2) is 4.79 Å². The molecule has 0 aliphatic rings. The van der Waals surface area contributed by atoms with Crippen LogP contribution in [0.5, 0.6) is 17.2 Å². The van der Waals surface area contributed by atoms with Crippen LogP contribution in [0, 0.1) is 0 Å². The molecule has 0 atom stereocenters. The van der Waals surface area contributed by atoms with E-state index in [2.05, 4.69) is 0 Å². The molecule has 14 heavy (non-hydrogen) atoms. The summed E-state index contributed by atoms with van der Waals surface area (Å²) in [6.07, 6.45) is 0. The smallest absolute Gasteiger partial charge is 0.335 e. The van der Waals surface area contributed by atoms with Gasteiger partial charge in [0.2, 0.25) is 0 Å². The average molecular weight is 282 g/mol. The van der Waals surface area contributed by atoms with Gasteiger partial charge in [0.15, 0.2) is 17.2 Å². The summed E-state index contributed by atoms with van der Waals surface area (Å²) in [5.74, 6) is -3.33. The molecule has 0 saturated heterocycles. The van der Waals surface area contributed by atoms with Crippen molar-refractivity contribution in [1.29, 1.82) is 0 Å². The number of aromatic hydroxyl groups is 3. The molecule has 4 N–H and O–H groups in total. The molecule has 0 radical (unpaired) electrons. The zero-order valence-corrected chi connectivity index (χ0v) is 8.77. The van der Waals surface area contributed by atoms with Gasteiger partial charge < -0.3 is 20.4 Å². The van der Waals surface area contributed by atoms with E-state index in [-0.39, 0.29) is 39.7 Å². The van der Waals surface area contributed by atoms with Crippen LogP contribution in [-0.4, -0.2) is 26.4 Å². The van der Waals surface area contributed by atoms with Crippen LogP contribution < -0.4 is 0 Å². The molecule has 1 rings (SSSR count). The monoisotopic (exact) mass is 282 g/mol. The van der Waals surface area contributed by atoms with Gasteiger partial charge in [0.25, 0.3) is 0 Å². The number of phenolic OH excluding ortho intramolecular Hbond substituents is 3. The zero-order valence-electron chi connectivity index (χ0n) is 6.56. The van der Waals surface area contributed by atoms with Crippen molar-refractivity contribution in [2.45, 2.75) is 0 Å². The second kappa shape index (κ2) is 5.77. The van der Waals surface area contributed by atoms with Crippen LogP contribution in [0.4, 0.5) is 0 Å². The fourth-order valence-corrected chi connectivity index (χ4v) is 0.728. The number of aromatic carboxylic acids is 1. The molecule has 0 amide bonds. The number of hydrogen-bond donors (Lipinski definition) is 4. The molecule has 0 aromatic heterocycles. The normalized spacial score (nSPS) is 8.29. The molecule has 0 saturated carbocycles. The Balaban J connectivity index is 0. The first-order valence-corrected chi connectivity index (χ1v) is 3.00. The number of rotatable bonds is 1. The summed E-state index contributed by atoms with van der Waals surface area (Å²) in [5.41, 5.74) is -0.289. The molecule has 1 aromatic carbocycles. The van der Waals surface area contributed by atoms with Gasteiger partial charge in [-0.05, 0) is 12.1 Å². The number of carbonyl (C=O) groups is 1. The van der Waals surface area contributed by atoms with Crippen LogP contribution in [0.25, 0.3) is 0 Å². The minimum Gasteiger partial charge on any atom is -0.504 e. The van der Waals surface area contributed by atoms with E-state index < -0.39 is 23.2 Å². The Kier molecular flexibility index (Phi) is 6.43. The summed E-state index contributed by atoms with van der Waals surface area (Å²) >= 11 is 0. The van der Waals surface area contributed by atoms with Gasteiger partial charge in [0.05, 0.1) is 5.56 Å². The SMILES string of the molecule is O=C(O)c1cc(O)c(O)c(O)c1.[Fe].[Fe]. The second-order valence-corrected chi connectivity index (χ2v) is 2.17. The summed E-state index contributed by atoms with van der Waals surface area (Å²) in [6.45, 7) is 0. The molecular weight excluding hydrogens is 276 g/mol. The minimum absolute atomic E-state index is 0. The van der Waals surface area contributed by atoms with E-state index in [4.69, 9.17) is 20.4 Å². The standard InChI is InChI=1S/C7H6O5.2Fe/c8-4-1-3(7(11)12)2-5(9)6(4)10;;/h1-2,8-10H,(H,11,12);;. The van der Waals surface area contributed by atoms with E-state index in [0.717, 1.165) is 12.1 Å². The Labute approximate surface area is 100 Å². The van der Waals surface area contributed by atoms with Crippen molar-refractivity contribution in [2.24, 2.45) is 0 Å². The molecule has 1 aromatic rings. The van der Waals surface area contributed by atoms with Crippen molar-refractivity contribution < 1.29 is 59.4 Å². The minimum atomic E-state index is -1.29. The van der Waals surface area contributed by atoms with Gasteiger partial charge >= 0.3 is 5.97 Å². The molecule has 80 valence electrons. The van der Waals surface area contributed by atoms with E-state index in [1.807, 2.05) is 0 Å². The molecule has 0 aliphatic carbocycles. The van der Waals surface area contributed by atoms with Gasteiger partial charge in [-0.1, -0.05) is 0 Å². The summed E-state index contributed by atoms with van der Waals surface area (Å²) in [5, 5.41) is 35.0. The molecule has 7 heteroatoms. The van der Waals surface area contributed by atoms with Crippen molar-refractivity contribution in [1.82, 2.24) is 0 Å². The number of carboxylic acid groups (broad SMARTS) is 1. The topological polar surface area (TPSA) is 98.0 Å². The van der Waals surface area contributed by atoms with Crippen molar-refractivity contribution in [3.8, 4) is 17.2 Å². The fourth-order valence-electron chi connectivity index (χ4n) is 0.728. The Morgan fingerprint density at radius 2 is 1.36 bits per heavy atom. The van der Waals surface area contributed by atoms with E-state index in [9.17, 15) is 4.79 Å². The van der Waals surface area contributed by atoms with Crippen LogP contribution in [-0.2, 0) is 34.1 Å². The molecule has 0 fully saturated rings. The van der Waals surface area contributed by atoms with Crippen molar-refractivity contribution in [3.63, 3.8) is 0 Å². The first-order chi connectivity index (χ1) is 5.52. The van der Waals surface area contributed by atoms with Gasteiger partial charge in [0, 0.05) is 34.1 Å². The largest absolute Gasteiger partial charge is 0.504 e. The Morgan fingerprint density at radius 3 is 1.64 bits per heavy atom. The van der Waals surface area contributed by atoms with Gasteiger partial charge in [0.1, 0.15) is 0 Å². The predicted octanol–water partition coefficient (Wildman–Crippen LogP) is 0.497. The summed E-state index contributed by atoms with van der Waals surface area (Å²) in [7, 11) is 0. The van der Waals surface area contributed by atoms with Crippen molar-refractivity contribution in [3.05, 3.63) is 17.7 Å². The second-order valence-electron chi connectivity index (χ2n) is 2.17. The summed E-state index contributed by atoms with van der Waals surface area (Å²) < 4.78 is 0. The van der Waals surface area contributed by atoms with Crippen LogP contribution in [0.15, 0.2) is 12.1 Å². The molecule has 5 nitrogen and oxygen atoms in total. The van der Waals surface area contributed by atoms with Crippen molar-refractivity contribution >= 4 is 5.97 Å². The average Bonchev–Trinajstić information content (AvgIpc) is 1.99. The zero-order chi connectivity index (χ0) is 9.30. The van der Waals surface area contributed by atoms with Crippen LogP contribution in [0.1, 0.15) is 10.4 Å². The fraction of sp³-hybridized carbons (Fsp3) is 0. The Hall–Kier alpha value is -0.871. The van der Waals surface area contributed by atoms with E-state index in [1.54, 1.807) is 0 Å². The molecular formula is C7H6Fe2O5. The summed E-state index contributed by atoms with van der Waals surface area (Å²) in [6, 6.07) is 1.69. The number of benzene rings is 1. The maximum atomic E-state index is 10.3. The first-order valence-electron chi connectivity index (χ1n) is 3.00. The van der Waals surface area contributed by atoms with Crippen LogP contribution >= 0.6 is 0 Å². The summed E-state index contributed by atoms with van der Waals surface area (Å²) in [4.78, 5) is 10.3. The molecule has 0 unspecified atom stereocenters. The van der Waals surface area contributed by atoms with Gasteiger partial charge in [-0.2, -0.15) is 0 Å². The molecule has 0 aliphatic heterocycles. The molecule has 0 spiro atoms. The third kappa shape index (κ3) is 3.12. The maximum absolute atomic E-state index is 10.3. The number of carboxylic acids is 1. The third-order valence-electron chi connectivity index (χ3n) is 1.32. The number of hydrogen-bond acceptors (Lipinski definition) is 4. The maximum Gasteiger partial charge on any atom is 0.335 e. The van der Waals surface area contributed by atoms with Crippen LogP contribution in [0.2, 0.25) is 0 Å². The molecule has 0 heterocycles. The Morgan fingerprint density at radius 1 is 1.00 bits per heavy atom. The first kappa shape index (κ1) is 15.6. The van der Waals surface area contributed by atoms with Crippen LogP contribution in [0.3, 0.4) is 0 Å². The number of phenols is 3. The quantitative estimate of drug-likeness (QED) is 0.444. The van der Waals surface area contributed by atoms with Gasteiger partial charge in [-0.15, -0.1) is 0 Å². The predicted molar refractivity (Wildman–Crippen MR) is 38.4 cm³/mol. The van der Waals surface area contributed by atoms with E-state index in [0.29, 0.717) is 0 Å². The van der Waals surface area contributed by atoms with Crippen molar-refractivity contribution in [2.75, 3.05) is 0 Å². The Bertz CT molecular complexity index is 316. The molecule has 0 bridgehead atoms. The third-order valence-corrected chi connectivity index (χ3v) is 1.32. The van der Waals surface area contributed by atoms with E-state index >= 15 is 0 Å². The van der Waals surface area contributed by atoms with E-state index in [1.165, 1.54) is 0 Å².